The smallest absolute Gasteiger partial charge is 0.256 e. The van der Waals surface area contributed by atoms with E-state index in [4.69, 9.17) is 0 Å². The van der Waals surface area contributed by atoms with E-state index in [0.29, 0.717) is 11.4 Å². The summed E-state index contributed by atoms with van der Waals surface area (Å²) in [7, 11) is 2.11. The maximum Gasteiger partial charge on any atom is 0.256 e. The van der Waals surface area contributed by atoms with Gasteiger partial charge in [-0.2, -0.15) is 0 Å². The van der Waals surface area contributed by atoms with Crippen molar-refractivity contribution >= 4 is 28.3 Å². The van der Waals surface area contributed by atoms with Crippen molar-refractivity contribution in [1.29, 1.82) is 0 Å². The van der Waals surface area contributed by atoms with Crippen molar-refractivity contribution in [3.8, 4) is 0 Å². The highest BCUT2D eigenvalue weighted by Gasteiger charge is 2.11. The number of carbonyl (C=O) groups is 1. The van der Waals surface area contributed by atoms with Gasteiger partial charge in [0.05, 0.1) is 5.52 Å². The molecule has 140 valence electrons. The molecule has 0 spiro atoms. The van der Waals surface area contributed by atoms with Crippen LogP contribution in [0.15, 0.2) is 54.6 Å². The second kappa shape index (κ2) is 8.67. The summed E-state index contributed by atoms with van der Waals surface area (Å²) >= 11 is 0. The van der Waals surface area contributed by atoms with Crippen LogP contribution in [0.1, 0.15) is 42.1 Å². The van der Waals surface area contributed by atoms with Crippen LogP contribution in [0.2, 0.25) is 0 Å². The van der Waals surface area contributed by atoms with E-state index in [0.717, 1.165) is 23.0 Å². The molecule has 4 nitrogen and oxygen atoms in total. The van der Waals surface area contributed by atoms with Crippen molar-refractivity contribution in [3.05, 3.63) is 65.7 Å². The number of rotatable bonds is 7. The first kappa shape index (κ1) is 18.9. The fourth-order valence-electron chi connectivity index (χ4n) is 3.27. The molecule has 3 rings (SSSR count). The van der Waals surface area contributed by atoms with Gasteiger partial charge in [0.1, 0.15) is 5.82 Å². The fourth-order valence-corrected chi connectivity index (χ4v) is 3.27. The molecule has 1 heterocycles. The minimum absolute atomic E-state index is 0.138. The summed E-state index contributed by atoms with van der Waals surface area (Å²) in [4.78, 5) is 19.4. The molecule has 4 heteroatoms. The van der Waals surface area contributed by atoms with Crippen LogP contribution < -0.4 is 10.2 Å². The van der Waals surface area contributed by atoms with Gasteiger partial charge >= 0.3 is 0 Å². The van der Waals surface area contributed by atoms with E-state index in [2.05, 4.69) is 36.1 Å². The van der Waals surface area contributed by atoms with Gasteiger partial charge < -0.3 is 10.2 Å². The Balaban J connectivity index is 1.71. The number of aromatic nitrogens is 1. The molecule has 0 unspecified atom stereocenters. The number of para-hydroxylation sites is 1. The highest BCUT2D eigenvalue weighted by atomic mass is 16.1. The van der Waals surface area contributed by atoms with Gasteiger partial charge in [0, 0.05) is 30.2 Å². The molecule has 2 aromatic carbocycles. The average Bonchev–Trinajstić information content (AvgIpc) is 2.67. The highest BCUT2D eigenvalue weighted by molar-refractivity contribution is 6.04. The number of hydrogen-bond donors (Lipinski definition) is 1. The maximum absolute atomic E-state index is 12.6. The molecule has 0 aliphatic rings. The zero-order chi connectivity index (χ0) is 19.2. The molecule has 0 radical (unpaired) electrons. The van der Waals surface area contributed by atoms with Crippen molar-refractivity contribution in [2.24, 2.45) is 0 Å². The standard InChI is InChI=1S/C23H27N3O/c1-4-5-8-15-26(3)21-13-11-19(16-17(21)2)23(27)25-22-14-12-18-9-6-7-10-20(18)24-22/h6-7,9-14,16H,4-5,8,15H2,1-3H3,(H,24,25,27). The van der Waals surface area contributed by atoms with Crippen LogP contribution in [-0.4, -0.2) is 24.5 Å². The van der Waals surface area contributed by atoms with E-state index >= 15 is 0 Å². The van der Waals surface area contributed by atoms with E-state index in [1.165, 1.54) is 24.9 Å². The van der Waals surface area contributed by atoms with Gasteiger partial charge in [0.15, 0.2) is 0 Å². The molecule has 1 N–H and O–H groups in total. The zero-order valence-electron chi connectivity index (χ0n) is 16.3. The van der Waals surface area contributed by atoms with E-state index in [1.807, 2.05) is 54.6 Å². The van der Waals surface area contributed by atoms with Crippen molar-refractivity contribution in [3.63, 3.8) is 0 Å². The third kappa shape index (κ3) is 4.64. The quantitative estimate of drug-likeness (QED) is 0.571. The Labute approximate surface area is 161 Å². The molecule has 0 atom stereocenters. The first-order valence-corrected chi connectivity index (χ1v) is 9.57. The van der Waals surface area contributed by atoms with Crippen molar-refractivity contribution in [2.45, 2.75) is 33.1 Å². The average molecular weight is 361 g/mol. The number of anilines is 2. The SMILES string of the molecule is CCCCCN(C)c1ccc(C(=O)Nc2ccc3ccccc3n2)cc1C. The zero-order valence-corrected chi connectivity index (χ0v) is 16.3. The summed E-state index contributed by atoms with van der Waals surface area (Å²) in [6, 6.07) is 17.5. The molecule has 3 aromatic rings. The predicted molar refractivity (Wildman–Crippen MR) is 114 cm³/mol. The number of benzene rings is 2. The number of amides is 1. The van der Waals surface area contributed by atoms with Gasteiger partial charge in [-0.1, -0.05) is 38.0 Å². The topological polar surface area (TPSA) is 45.2 Å². The molecule has 27 heavy (non-hydrogen) atoms. The summed E-state index contributed by atoms with van der Waals surface area (Å²) < 4.78 is 0. The van der Waals surface area contributed by atoms with E-state index in [1.54, 1.807) is 0 Å². The van der Waals surface area contributed by atoms with Gasteiger partial charge in [-0.25, -0.2) is 4.98 Å². The number of hydrogen-bond acceptors (Lipinski definition) is 3. The largest absolute Gasteiger partial charge is 0.374 e. The summed E-state index contributed by atoms with van der Waals surface area (Å²) in [6.45, 7) is 5.29. The van der Waals surface area contributed by atoms with Crippen LogP contribution in [0.5, 0.6) is 0 Å². The summed E-state index contributed by atoms with van der Waals surface area (Å²) in [6.07, 6.45) is 3.64. The molecule has 0 aliphatic heterocycles. The van der Waals surface area contributed by atoms with Crippen LogP contribution in [0, 0.1) is 6.92 Å². The van der Waals surface area contributed by atoms with Crippen LogP contribution in [0.3, 0.4) is 0 Å². The van der Waals surface area contributed by atoms with E-state index in [-0.39, 0.29) is 5.91 Å². The summed E-state index contributed by atoms with van der Waals surface area (Å²) in [5.41, 5.74) is 3.79. The Hall–Kier alpha value is -2.88. The number of aryl methyl sites for hydroxylation is 1. The Bertz CT molecular complexity index is 936. The van der Waals surface area contributed by atoms with Gasteiger partial charge in [0.2, 0.25) is 0 Å². The van der Waals surface area contributed by atoms with Gasteiger partial charge in [0.25, 0.3) is 5.91 Å². The first-order chi connectivity index (χ1) is 13.1. The minimum Gasteiger partial charge on any atom is -0.374 e. The first-order valence-electron chi connectivity index (χ1n) is 9.57. The molecule has 0 aliphatic carbocycles. The number of nitrogens with one attached hydrogen (secondary N) is 1. The van der Waals surface area contributed by atoms with Crippen LogP contribution in [0.25, 0.3) is 10.9 Å². The third-order valence-electron chi connectivity index (χ3n) is 4.81. The summed E-state index contributed by atoms with van der Waals surface area (Å²) in [5.74, 6) is 0.429. The number of unbranched alkanes of at least 4 members (excludes halogenated alkanes) is 2. The molecular weight excluding hydrogens is 334 g/mol. The Morgan fingerprint density at radius 2 is 1.89 bits per heavy atom. The van der Waals surface area contributed by atoms with Crippen LogP contribution in [0.4, 0.5) is 11.5 Å². The van der Waals surface area contributed by atoms with Crippen molar-refractivity contribution in [1.82, 2.24) is 4.98 Å². The van der Waals surface area contributed by atoms with Crippen LogP contribution >= 0.6 is 0 Å². The number of carbonyl (C=O) groups excluding carboxylic acids is 1. The maximum atomic E-state index is 12.6. The predicted octanol–water partition coefficient (Wildman–Crippen LogP) is 5.42. The number of pyridine rings is 1. The third-order valence-corrected chi connectivity index (χ3v) is 4.81. The van der Waals surface area contributed by atoms with Gasteiger partial charge in [-0.15, -0.1) is 0 Å². The molecule has 0 saturated heterocycles. The molecule has 0 fully saturated rings. The van der Waals surface area contributed by atoms with Crippen molar-refractivity contribution < 1.29 is 4.79 Å². The van der Waals surface area contributed by atoms with Gasteiger partial charge in [-0.3, -0.25) is 4.79 Å². The second-order valence-corrected chi connectivity index (χ2v) is 6.97. The van der Waals surface area contributed by atoms with Crippen LogP contribution in [-0.2, 0) is 0 Å². The Morgan fingerprint density at radius 3 is 2.67 bits per heavy atom. The molecule has 1 aromatic heterocycles. The lowest BCUT2D eigenvalue weighted by atomic mass is 10.1. The van der Waals surface area contributed by atoms with E-state index < -0.39 is 0 Å². The fraction of sp³-hybridized carbons (Fsp3) is 0.304. The number of fused-ring (bicyclic) bond motifs is 1. The molecule has 1 amide bonds. The van der Waals surface area contributed by atoms with E-state index in [9.17, 15) is 4.79 Å². The highest BCUT2D eigenvalue weighted by Crippen LogP contribution is 2.22. The normalized spacial score (nSPS) is 10.8. The molecule has 0 bridgehead atoms. The lowest BCUT2D eigenvalue weighted by molar-refractivity contribution is 0.102. The lowest BCUT2D eigenvalue weighted by Crippen LogP contribution is -2.20. The molecule has 0 saturated carbocycles. The Morgan fingerprint density at radius 1 is 1.07 bits per heavy atom. The Kier molecular flexibility index (Phi) is 6.07. The monoisotopic (exact) mass is 361 g/mol. The minimum atomic E-state index is -0.138. The van der Waals surface area contributed by atoms with Gasteiger partial charge in [-0.05, 0) is 55.3 Å². The second-order valence-electron chi connectivity index (χ2n) is 6.97. The number of nitrogens with zero attached hydrogens (tertiary/aromatic N) is 2. The molecular formula is C23H27N3O. The van der Waals surface area contributed by atoms with Crippen molar-refractivity contribution in [2.75, 3.05) is 23.8 Å². The lowest BCUT2D eigenvalue weighted by Gasteiger charge is -2.21. The summed E-state index contributed by atoms with van der Waals surface area (Å²) in [5, 5.41) is 3.96.